The molecule has 0 saturated carbocycles. The van der Waals surface area contributed by atoms with Crippen LogP contribution in [0.5, 0.6) is 0 Å². The van der Waals surface area contributed by atoms with Crippen molar-refractivity contribution in [3.05, 3.63) is 50.4 Å². The van der Waals surface area contributed by atoms with Gasteiger partial charge in [0.15, 0.2) is 0 Å². The molecule has 0 aliphatic heterocycles. The van der Waals surface area contributed by atoms with E-state index in [-0.39, 0.29) is 17.8 Å². The fraction of sp³-hybridized carbons (Fsp3) is 0.200. The number of carbonyl (C=O) groups excluding carboxylic acids is 1. The summed E-state index contributed by atoms with van der Waals surface area (Å²) in [6.45, 7) is 5.50. The second-order valence-corrected chi connectivity index (χ2v) is 3.50. The predicted molar refractivity (Wildman–Crippen MR) is 60.9 cm³/mol. The van der Waals surface area contributed by atoms with Crippen molar-refractivity contribution in [2.75, 3.05) is 6.54 Å². The van der Waals surface area contributed by atoms with Crippen molar-refractivity contribution in [3.63, 3.8) is 0 Å². The smallest absolute Gasteiger partial charge is 0.286 e. The lowest BCUT2D eigenvalue weighted by Gasteiger charge is -2.03. The Bertz CT molecular complexity index is 533. The third-order valence-electron chi connectivity index (χ3n) is 1.89. The second-order valence-electron chi connectivity index (χ2n) is 3.50. The van der Waals surface area contributed by atoms with Crippen molar-refractivity contribution < 1.29 is 9.72 Å². The molecule has 0 aromatic carbocycles. The standard InChI is InChI=1S/C10H11N3O4/c1-6(2)4-11-9(14)8-3-7(13(16)17)5-12-10(8)15/h3,5H,1,4H2,2H3,(H,11,14)(H,12,15). The first-order valence-corrected chi connectivity index (χ1v) is 4.71. The summed E-state index contributed by atoms with van der Waals surface area (Å²) in [7, 11) is 0. The molecule has 1 amide bonds. The first-order chi connectivity index (χ1) is 7.91. The van der Waals surface area contributed by atoms with Gasteiger partial charge in [0.25, 0.3) is 17.2 Å². The number of aromatic amines is 1. The van der Waals surface area contributed by atoms with E-state index in [0.29, 0.717) is 5.57 Å². The number of pyridine rings is 1. The van der Waals surface area contributed by atoms with Crippen LogP contribution in [0.25, 0.3) is 0 Å². The van der Waals surface area contributed by atoms with Crippen LogP contribution in [-0.2, 0) is 0 Å². The molecule has 90 valence electrons. The van der Waals surface area contributed by atoms with Crippen LogP contribution in [0, 0.1) is 10.1 Å². The zero-order valence-electron chi connectivity index (χ0n) is 9.15. The van der Waals surface area contributed by atoms with Gasteiger partial charge in [0.05, 0.1) is 11.1 Å². The number of hydrogen-bond donors (Lipinski definition) is 2. The van der Waals surface area contributed by atoms with E-state index in [1.807, 2.05) is 0 Å². The van der Waals surface area contributed by atoms with Crippen molar-refractivity contribution >= 4 is 11.6 Å². The zero-order chi connectivity index (χ0) is 13.0. The van der Waals surface area contributed by atoms with E-state index in [9.17, 15) is 19.7 Å². The summed E-state index contributed by atoms with van der Waals surface area (Å²) in [5.41, 5.74) is -0.597. The molecule has 0 atom stereocenters. The summed E-state index contributed by atoms with van der Waals surface area (Å²) in [6.07, 6.45) is 0.942. The Hall–Kier alpha value is -2.44. The number of amides is 1. The Morgan fingerprint density at radius 1 is 1.65 bits per heavy atom. The number of carbonyl (C=O) groups is 1. The Morgan fingerprint density at radius 2 is 2.29 bits per heavy atom. The molecular weight excluding hydrogens is 226 g/mol. The Kier molecular flexibility index (Phi) is 3.76. The summed E-state index contributed by atoms with van der Waals surface area (Å²) in [4.78, 5) is 34.8. The van der Waals surface area contributed by atoms with Crippen LogP contribution < -0.4 is 10.9 Å². The molecule has 1 aromatic rings. The third kappa shape index (κ3) is 3.26. The van der Waals surface area contributed by atoms with E-state index in [1.165, 1.54) is 0 Å². The minimum Gasteiger partial charge on any atom is -0.348 e. The minimum absolute atomic E-state index is 0.209. The molecule has 0 aliphatic rings. The third-order valence-corrected chi connectivity index (χ3v) is 1.89. The average molecular weight is 237 g/mol. The van der Waals surface area contributed by atoms with Gasteiger partial charge in [-0.25, -0.2) is 0 Å². The van der Waals surface area contributed by atoms with Crippen molar-refractivity contribution in [3.8, 4) is 0 Å². The van der Waals surface area contributed by atoms with Gasteiger partial charge in [0.2, 0.25) is 0 Å². The van der Waals surface area contributed by atoms with Crippen LogP contribution >= 0.6 is 0 Å². The quantitative estimate of drug-likeness (QED) is 0.454. The highest BCUT2D eigenvalue weighted by Gasteiger charge is 2.15. The topological polar surface area (TPSA) is 105 Å². The van der Waals surface area contributed by atoms with E-state index in [1.54, 1.807) is 6.92 Å². The molecule has 17 heavy (non-hydrogen) atoms. The van der Waals surface area contributed by atoms with Gasteiger partial charge in [0, 0.05) is 12.6 Å². The van der Waals surface area contributed by atoms with Crippen LogP contribution in [0.3, 0.4) is 0 Å². The van der Waals surface area contributed by atoms with Gasteiger partial charge in [-0.05, 0) is 6.92 Å². The molecule has 2 N–H and O–H groups in total. The maximum absolute atomic E-state index is 11.5. The number of aromatic nitrogens is 1. The van der Waals surface area contributed by atoms with Crippen LogP contribution in [0.4, 0.5) is 5.69 Å². The maximum Gasteiger partial charge on any atom is 0.286 e. The first-order valence-electron chi connectivity index (χ1n) is 4.71. The second kappa shape index (κ2) is 5.06. The Morgan fingerprint density at radius 3 is 2.82 bits per heavy atom. The van der Waals surface area contributed by atoms with Gasteiger partial charge < -0.3 is 10.3 Å². The summed E-state index contributed by atoms with van der Waals surface area (Å²) < 4.78 is 0. The zero-order valence-corrected chi connectivity index (χ0v) is 9.15. The molecule has 7 nitrogen and oxygen atoms in total. The van der Waals surface area contributed by atoms with Gasteiger partial charge >= 0.3 is 0 Å². The van der Waals surface area contributed by atoms with E-state index >= 15 is 0 Å². The lowest BCUT2D eigenvalue weighted by Crippen LogP contribution is -2.30. The molecule has 0 saturated heterocycles. The van der Waals surface area contributed by atoms with Gasteiger partial charge in [0.1, 0.15) is 5.56 Å². The highest BCUT2D eigenvalue weighted by atomic mass is 16.6. The fourth-order valence-electron chi connectivity index (χ4n) is 1.07. The van der Waals surface area contributed by atoms with E-state index in [2.05, 4.69) is 16.9 Å². The Labute approximate surface area is 96.3 Å². The minimum atomic E-state index is -0.689. The molecule has 0 radical (unpaired) electrons. The molecule has 1 rings (SSSR count). The Balaban J connectivity index is 3.00. The maximum atomic E-state index is 11.5. The number of hydrogen-bond acceptors (Lipinski definition) is 4. The summed E-state index contributed by atoms with van der Waals surface area (Å²) >= 11 is 0. The van der Waals surface area contributed by atoms with E-state index < -0.39 is 16.4 Å². The summed E-state index contributed by atoms with van der Waals surface area (Å²) in [5.74, 6) is -0.669. The summed E-state index contributed by atoms with van der Waals surface area (Å²) in [6, 6.07) is 0.937. The molecule has 0 fully saturated rings. The molecule has 1 heterocycles. The lowest BCUT2D eigenvalue weighted by molar-refractivity contribution is -0.385. The molecule has 1 aromatic heterocycles. The molecule has 7 heteroatoms. The van der Waals surface area contributed by atoms with Gasteiger partial charge in [-0.3, -0.25) is 19.7 Å². The highest BCUT2D eigenvalue weighted by molar-refractivity contribution is 5.94. The molecule has 0 spiro atoms. The average Bonchev–Trinajstić information content (AvgIpc) is 2.26. The van der Waals surface area contributed by atoms with Gasteiger partial charge in [-0.2, -0.15) is 0 Å². The molecule has 0 bridgehead atoms. The number of H-pyrrole nitrogens is 1. The van der Waals surface area contributed by atoms with Gasteiger partial charge in [-0.15, -0.1) is 0 Å². The van der Waals surface area contributed by atoms with Crippen LogP contribution in [-0.4, -0.2) is 22.4 Å². The summed E-state index contributed by atoms with van der Waals surface area (Å²) in [5, 5.41) is 12.9. The molecular formula is C10H11N3O4. The normalized spacial score (nSPS) is 9.71. The SMILES string of the molecule is C=C(C)CNC(=O)c1cc([N+](=O)[O-])c[nH]c1=O. The number of nitrogens with one attached hydrogen (secondary N) is 2. The monoisotopic (exact) mass is 237 g/mol. The molecule has 0 unspecified atom stereocenters. The van der Waals surface area contributed by atoms with Crippen molar-refractivity contribution in [1.82, 2.24) is 10.3 Å². The highest BCUT2D eigenvalue weighted by Crippen LogP contribution is 2.07. The van der Waals surface area contributed by atoms with Crippen molar-refractivity contribution in [1.29, 1.82) is 0 Å². The van der Waals surface area contributed by atoms with Crippen LogP contribution in [0.2, 0.25) is 0 Å². The number of nitrogens with zero attached hydrogens (tertiary/aromatic N) is 1. The number of rotatable bonds is 4. The van der Waals surface area contributed by atoms with Crippen molar-refractivity contribution in [2.24, 2.45) is 0 Å². The molecule has 0 aliphatic carbocycles. The lowest BCUT2D eigenvalue weighted by atomic mass is 10.2. The van der Waals surface area contributed by atoms with Crippen LogP contribution in [0.1, 0.15) is 17.3 Å². The largest absolute Gasteiger partial charge is 0.348 e. The van der Waals surface area contributed by atoms with Crippen LogP contribution in [0.15, 0.2) is 29.2 Å². The van der Waals surface area contributed by atoms with Gasteiger partial charge in [-0.1, -0.05) is 12.2 Å². The van der Waals surface area contributed by atoms with E-state index in [0.717, 1.165) is 12.3 Å². The van der Waals surface area contributed by atoms with Crippen molar-refractivity contribution in [2.45, 2.75) is 6.92 Å². The first kappa shape index (κ1) is 12.6. The fourth-order valence-corrected chi connectivity index (χ4v) is 1.07. The predicted octanol–water partition coefficient (Wildman–Crippen LogP) is 0.589. The van der Waals surface area contributed by atoms with E-state index in [4.69, 9.17) is 0 Å². The number of nitro groups is 1.